The van der Waals surface area contributed by atoms with Gasteiger partial charge in [0.25, 0.3) is 0 Å². The molecule has 6 nitrogen and oxygen atoms in total. The number of aromatic nitrogens is 2. The highest BCUT2D eigenvalue weighted by molar-refractivity contribution is 5.81. The maximum Gasteiger partial charge on any atom is 0.234 e. The Morgan fingerprint density at radius 2 is 2.11 bits per heavy atom. The molecular formula is C13H22N2O4. The van der Waals surface area contributed by atoms with E-state index >= 15 is 0 Å². The van der Waals surface area contributed by atoms with Crippen molar-refractivity contribution in [3.05, 3.63) is 11.7 Å². The second-order valence-electron chi connectivity index (χ2n) is 5.40. The highest BCUT2D eigenvalue weighted by atomic mass is 16.5. The monoisotopic (exact) mass is 270 g/mol. The third-order valence-electron chi connectivity index (χ3n) is 2.49. The number of hydrogen-bond acceptors (Lipinski definition) is 6. The first kappa shape index (κ1) is 15.8. The van der Waals surface area contributed by atoms with Crippen LogP contribution in [0.3, 0.4) is 0 Å². The van der Waals surface area contributed by atoms with Gasteiger partial charge in [0, 0.05) is 13.7 Å². The van der Waals surface area contributed by atoms with Crippen LogP contribution in [-0.2, 0) is 20.7 Å². The van der Waals surface area contributed by atoms with Gasteiger partial charge in [-0.05, 0) is 12.3 Å². The van der Waals surface area contributed by atoms with E-state index in [4.69, 9.17) is 14.0 Å². The number of nitrogens with zero attached hydrogens (tertiary/aromatic N) is 2. The summed E-state index contributed by atoms with van der Waals surface area (Å²) in [6.45, 7) is 8.65. The molecule has 0 aliphatic heterocycles. The van der Waals surface area contributed by atoms with Crippen molar-refractivity contribution in [3.63, 3.8) is 0 Å². The molecule has 1 rings (SSSR count). The van der Waals surface area contributed by atoms with Gasteiger partial charge < -0.3 is 14.0 Å². The Hall–Kier alpha value is -1.27. The van der Waals surface area contributed by atoms with Crippen LogP contribution in [-0.4, -0.2) is 36.2 Å². The molecular weight excluding hydrogens is 248 g/mol. The minimum absolute atomic E-state index is 0.0475. The minimum Gasteiger partial charge on any atom is -0.377 e. The van der Waals surface area contributed by atoms with Crippen molar-refractivity contribution in [1.29, 1.82) is 0 Å². The van der Waals surface area contributed by atoms with Crippen LogP contribution in [0.15, 0.2) is 4.52 Å². The first-order chi connectivity index (χ1) is 8.88. The van der Waals surface area contributed by atoms with Gasteiger partial charge in [-0.15, -0.1) is 0 Å². The molecule has 0 aromatic carbocycles. The fraction of sp³-hybridized carbons (Fsp3) is 0.769. The molecule has 0 N–H and O–H groups in total. The van der Waals surface area contributed by atoms with E-state index in [-0.39, 0.29) is 30.3 Å². The average Bonchev–Trinajstić information content (AvgIpc) is 2.72. The number of Topliss-reactive ketones (excluding diaryl/α,β-unsaturated/α-hetero) is 1. The molecule has 1 aromatic heterocycles. The summed E-state index contributed by atoms with van der Waals surface area (Å²) < 4.78 is 15.5. The molecule has 1 aromatic rings. The zero-order valence-corrected chi connectivity index (χ0v) is 12.2. The van der Waals surface area contributed by atoms with E-state index in [9.17, 15) is 4.79 Å². The summed E-state index contributed by atoms with van der Waals surface area (Å²) in [5.74, 6) is 0.682. The van der Waals surface area contributed by atoms with Gasteiger partial charge in [0.05, 0.1) is 6.42 Å². The second kappa shape index (κ2) is 6.77. The summed E-state index contributed by atoms with van der Waals surface area (Å²) in [5.41, 5.74) is -0.145. The number of ether oxygens (including phenoxy) is 2. The Kier molecular flexibility index (Phi) is 5.62. The third kappa shape index (κ3) is 4.72. The molecule has 0 radical (unpaired) electrons. The lowest BCUT2D eigenvalue weighted by Gasteiger charge is -2.27. The van der Waals surface area contributed by atoms with Crippen LogP contribution < -0.4 is 0 Å². The fourth-order valence-corrected chi connectivity index (χ4v) is 1.71. The molecule has 1 unspecified atom stereocenters. The minimum atomic E-state index is -0.257. The molecule has 0 aliphatic carbocycles. The predicted octanol–water partition coefficient (Wildman–Crippen LogP) is 1.95. The van der Waals surface area contributed by atoms with Crippen LogP contribution in [0.25, 0.3) is 0 Å². The molecule has 1 atom stereocenters. The Bertz CT molecular complexity index is 409. The highest BCUT2D eigenvalue weighted by Crippen LogP contribution is 2.34. The second-order valence-corrected chi connectivity index (χ2v) is 5.40. The van der Waals surface area contributed by atoms with E-state index in [1.165, 1.54) is 7.11 Å². The van der Waals surface area contributed by atoms with E-state index in [2.05, 4.69) is 10.1 Å². The number of rotatable bonds is 7. The van der Waals surface area contributed by atoms with Crippen LogP contribution in [0.5, 0.6) is 0 Å². The van der Waals surface area contributed by atoms with Crippen LogP contribution in [0.1, 0.15) is 45.5 Å². The average molecular weight is 270 g/mol. The molecule has 0 amide bonds. The lowest BCUT2D eigenvalue weighted by Crippen LogP contribution is -2.22. The molecule has 0 bridgehead atoms. The first-order valence-corrected chi connectivity index (χ1v) is 6.33. The Balaban J connectivity index is 2.79. The normalized spacial score (nSPS) is 13.5. The van der Waals surface area contributed by atoms with Gasteiger partial charge in [-0.1, -0.05) is 25.9 Å². The van der Waals surface area contributed by atoms with Gasteiger partial charge >= 0.3 is 0 Å². The topological polar surface area (TPSA) is 74.5 Å². The van der Waals surface area contributed by atoms with E-state index in [1.807, 2.05) is 27.7 Å². The standard InChI is InChI=1S/C13H22N2O4/c1-6-18-11(13(2,3)4)12-14-10(19-15-12)7-9(16)8-17-5/h11H,6-8H2,1-5H3. The molecule has 6 heteroatoms. The van der Waals surface area contributed by atoms with Crippen molar-refractivity contribution in [2.45, 2.75) is 40.2 Å². The van der Waals surface area contributed by atoms with Gasteiger partial charge in [-0.3, -0.25) is 4.79 Å². The van der Waals surface area contributed by atoms with Gasteiger partial charge in [0.2, 0.25) is 11.7 Å². The quantitative estimate of drug-likeness (QED) is 0.754. The maximum atomic E-state index is 11.4. The van der Waals surface area contributed by atoms with Gasteiger partial charge in [0.1, 0.15) is 12.7 Å². The van der Waals surface area contributed by atoms with Crippen molar-refractivity contribution in [2.75, 3.05) is 20.3 Å². The largest absolute Gasteiger partial charge is 0.377 e. The van der Waals surface area contributed by atoms with E-state index in [0.717, 1.165) is 0 Å². The summed E-state index contributed by atoms with van der Waals surface area (Å²) in [6.07, 6.45) is -0.170. The Morgan fingerprint density at radius 3 is 2.63 bits per heavy atom. The molecule has 0 saturated carbocycles. The van der Waals surface area contributed by atoms with Gasteiger partial charge in [-0.2, -0.15) is 4.98 Å². The smallest absolute Gasteiger partial charge is 0.234 e. The fourth-order valence-electron chi connectivity index (χ4n) is 1.71. The van der Waals surface area contributed by atoms with Crippen LogP contribution in [0.2, 0.25) is 0 Å². The van der Waals surface area contributed by atoms with Crippen LogP contribution in [0.4, 0.5) is 0 Å². The molecule has 1 heterocycles. The maximum absolute atomic E-state index is 11.4. The summed E-state index contributed by atoms with van der Waals surface area (Å²) >= 11 is 0. The van der Waals surface area contributed by atoms with Crippen molar-refractivity contribution in [2.24, 2.45) is 5.41 Å². The van der Waals surface area contributed by atoms with Crippen molar-refractivity contribution < 1.29 is 18.8 Å². The number of hydrogen-bond donors (Lipinski definition) is 0. The van der Waals surface area contributed by atoms with Crippen molar-refractivity contribution in [1.82, 2.24) is 10.1 Å². The number of methoxy groups -OCH3 is 1. The summed E-state index contributed by atoms with van der Waals surface area (Å²) in [7, 11) is 1.47. The molecule has 0 spiro atoms. The number of ketones is 1. The summed E-state index contributed by atoms with van der Waals surface area (Å²) in [5, 5.41) is 3.91. The van der Waals surface area contributed by atoms with Crippen molar-refractivity contribution >= 4 is 5.78 Å². The molecule has 0 fully saturated rings. The van der Waals surface area contributed by atoms with Gasteiger partial charge in [0.15, 0.2) is 5.78 Å². The predicted molar refractivity (Wildman–Crippen MR) is 68.7 cm³/mol. The third-order valence-corrected chi connectivity index (χ3v) is 2.49. The summed E-state index contributed by atoms with van der Waals surface area (Å²) in [4.78, 5) is 15.7. The highest BCUT2D eigenvalue weighted by Gasteiger charge is 2.31. The van der Waals surface area contributed by atoms with Crippen molar-refractivity contribution in [3.8, 4) is 0 Å². The Labute approximate surface area is 113 Å². The lowest BCUT2D eigenvalue weighted by atomic mass is 9.88. The van der Waals surface area contributed by atoms with Crippen LogP contribution in [0, 0.1) is 5.41 Å². The van der Waals surface area contributed by atoms with E-state index in [0.29, 0.717) is 18.3 Å². The molecule has 0 aliphatic rings. The number of carbonyl (C=O) groups excluding carboxylic acids is 1. The number of carbonyl (C=O) groups is 1. The molecule has 108 valence electrons. The van der Waals surface area contributed by atoms with E-state index < -0.39 is 0 Å². The van der Waals surface area contributed by atoms with E-state index in [1.54, 1.807) is 0 Å². The Morgan fingerprint density at radius 1 is 1.42 bits per heavy atom. The summed E-state index contributed by atoms with van der Waals surface area (Å²) in [6, 6.07) is 0. The molecule has 0 saturated heterocycles. The zero-order valence-electron chi connectivity index (χ0n) is 12.2. The van der Waals surface area contributed by atoms with Crippen LogP contribution >= 0.6 is 0 Å². The first-order valence-electron chi connectivity index (χ1n) is 6.33. The molecule has 19 heavy (non-hydrogen) atoms. The van der Waals surface area contributed by atoms with Gasteiger partial charge in [-0.25, -0.2) is 0 Å². The SMILES string of the molecule is CCOC(c1noc(CC(=O)COC)n1)C(C)(C)C. The zero-order chi connectivity index (χ0) is 14.5. The lowest BCUT2D eigenvalue weighted by molar-refractivity contribution is -0.122.